The van der Waals surface area contributed by atoms with Gasteiger partial charge in [0.1, 0.15) is 13.2 Å². The van der Waals surface area contributed by atoms with Crippen molar-refractivity contribution in [2.45, 2.75) is 386 Å². The lowest BCUT2D eigenvalue weighted by Gasteiger charge is -2.18. The van der Waals surface area contributed by atoms with Gasteiger partial charge < -0.3 is 14.2 Å². The van der Waals surface area contributed by atoms with Gasteiger partial charge in [0, 0.05) is 19.3 Å². The van der Waals surface area contributed by atoms with Gasteiger partial charge in [0.15, 0.2) is 6.10 Å². The Morgan fingerprint density at radius 1 is 0.259 bits per heavy atom. The summed E-state index contributed by atoms with van der Waals surface area (Å²) in [5, 5.41) is 0. The number of hydrogen-bond donors (Lipinski definition) is 0. The Kier molecular flexibility index (Phi) is 67.1. The molecule has 81 heavy (non-hydrogen) atoms. The zero-order chi connectivity index (χ0) is 58.5. The number of carbonyl (C=O) groups excluding carboxylic acids is 3. The van der Waals surface area contributed by atoms with Crippen LogP contribution in [0.1, 0.15) is 380 Å². The van der Waals surface area contributed by atoms with Crippen LogP contribution in [0.15, 0.2) is 60.8 Å². The lowest BCUT2D eigenvalue weighted by molar-refractivity contribution is -0.167. The first-order valence-corrected chi connectivity index (χ1v) is 35.8. The van der Waals surface area contributed by atoms with E-state index < -0.39 is 6.10 Å². The van der Waals surface area contributed by atoms with Gasteiger partial charge in [0.2, 0.25) is 0 Å². The largest absolute Gasteiger partial charge is 0.462 e. The molecule has 0 radical (unpaired) electrons. The molecular formula is C75H136O6. The van der Waals surface area contributed by atoms with Crippen LogP contribution in [-0.2, 0) is 28.6 Å². The van der Waals surface area contributed by atoms with Gasteiger partial charge in [-0.25, -0.2) is 0 Å². The predicted molar refractivity (Wildman–Crippen MR) is 353 cm³/mol. The zero-order valence-corrected chi connectivity index (χ0v) is 54.3. The first-order valence-electron chi connectivity index (χ1n) is 35.8. The summed E-state index contributed by atoms with van der Waals surface area (Å²) in [5.74, 6) is -0.858. The summed E-state index contributed by atoms with van der Waals surface area (Å²) in [6, 6.07) is 0. The molecule has 0 fully saturated rings. The van der Waals surface area contributed by atoms with Gasteiger partial charge in [-0.1, -0.05) is 358 Å². The number of ether oxygens (including phenoxy) is 3. The van der Waals surface area contributed by atoms with Crippen LogP contribution < -0.4 is 0 Å². The SMILES string of the molecule is CC/C=C\C/C=C\C/C=C\C/C=C\C/C=C\CCCCCCCCCCCCCC(=O)OC(COC(=O)CCCCCCCCC)COC(=O)CCCCCCCCCCCCCCCCCCCCCCCCCCCCCCC. The van der Waals surface area contributed by atoms with Crippen molar-refractivity contribution >= 4 is 17.9 Å². The highest BCUT2D eigenvalue weighted by Crippen LogP contribution is 2.19. The molecule has 0 amide bonds. The third-order valence-corrected chi connectivity index (χ3v) is 16.0. The summed E-state index contributed by atoms with van der Waals surface area (Å²) in [6.45, 7) is 6.54. The summed E-state index contributed by atoms with van der Waals surface area (Å²) >= 11 is 0. The van der Waals surface area contributed by atoms with Crippen molar-refractivity contribution in [3.8, 4) is 0 Å². The third kappa shape index (κ3) is 67.8. The average molecular weight is 1130 g/mol. The van der Waals surface area contributed by atoms with Crippen LogP contribution in [0.3, 0.4) is 0 Å². The second-order valence-electron chi connectivity index (χ2n) is 24.1. The van der Waals surface area contributed by atoms with E-state index in [1.54, 1.807) is 0 Å². The first-order chi connectivity index (χ1) is 40.0. The molecule has 0 aliphatic heterocycles. The summed E-state index contributed by atoms with van der Waals surface area (Å²) in [4.78, 5) is 38.2. The molecule has 0 aliphatic rings. The minimum Gasteiger partial charge on any atom is -0.462 e. The molecule has 6 heteroatoms. The van der Waals surface area contributed by atoms with Crippen molar-refractivity contribution in [1.82, 2.24) is 0 Å². The quantitative estimate of drug-likeness (QED) is 0.0261. The molecule has 0 rings (SSSR count). The van der Waals surface area contributed by atoms with E-state index in [0.29, 0.717) is 19.3 Å². The van der Waals surface area contributed by atoms with Crippen molar-refractivity contribution in [2.75, 3.05) is 13.2 Å². The molecule has 1 atom stereocenters. The highest BCUT2D eigenvalue weighted by Gasteiger charge is 2.19. The second kappa shape index (κ2) is 69.6. The van der Waals surface area contributed by atoms with Crippen LogP contribution in [0.25, 0.3) is 0 Å². The van der Waals surface area contributed by atoms with Crippen LogP contribution in [0.4, 0.5) is 0 Å². The molecule has 0 spiro atoms. The molecular weight excluding hydrogens is 997 g/mol. The van der Waals surface area contributed by atoms with Gasteiger partial charge in [-0.2, -0.15) is 0 Å². The van der Waals surface area contributed by atoms with E-state index in [1.807, 2.05) is 0 Å². The molecule has 0 aromatic carbocycles. The second-order valence-corrected chi connectivity index (χ2v) is 24.1. The van der Waals surface area contributed by atoms with E-state index in [1.165, 1.54) is 250 Å². The Bertz CT molecular complexity index is 1440. The molecule has 0 aromatic rings. The highest BCUT2D eigenvalue weighted by atomic mass is 16.6. The number of esters is 3. The Balaban J connectivity index is 4.03. The van der Waals surface area contributed by atoms with E-state index in [0.717, 1.165) is 89.9 Å². The van der Waals surface area contributed by atoms with Gasteiger partial charge in [0.05, 0.1) is 0 Å². The van der Waals surface area contributed by atoms with Crippen molar-refractivity contribution in [3.63, 3.8) is 0 Å². The van der Waals surface area contributed by atoms with E-state index in [2.05, 4.69) is 81.5 Å². The lowest BCUT2D eigenvalue weighted by atomic mass is 10.0. The Hall–Kier alpha value is -2.89. The summed E-state index contributed by atoms with van der Waals surface area (Å²) in [7, 11) is 0. The first kappa shape index (κ1) is 78.1. The molecule has 0 saturated heterocycles. The molecule has 1 unspecified atom stereocenters. The molecule has 0 N–H and O–H groups in total. The van der Waals surface area contributed by atoms with Gasteiger partial charge in [-0.15, -0.1) is 0 Å². The molecule has 6 nitrogen and oxygen atoms in total. The lowest BCUT2D eigenvalue weighted by Crippen LogP contribution is -2.30. The Labute approximate surface area is 504 Å². The monoisotopic (exact) mass is 1130 g/mol. The van der Waals surface area contributed by atoms with Crippen LogP contribution in [0.2, 0.25) is 0 Å². The van der Waals surface area contributed by atoms with Crippen molar-refractivity contribution in [2.24, 2.45) is 0 Å². The fourth-order valence-corrected chi connectivity index (χ4v) is 10.7. The normalized spacial score (nSPS) is 12.4. The topological polar surface area (TPSA) is 78.9 Å². The third-order valence-electron chi connectivity index (χ3n) is 16.0. The van der Waals surface area contributed by atoms with Crippen molar-refractivity contribution in [3.05, 3.63) is 60.8 Å². The van der Waals surface area contributed by atoms with Crippen molar-refractivity contribution in [1.29, 1.82) is 0 Å². The standard InChI is InChI=1S/C75H136O6/c1-4-7-10-13-16-18-20-22-24-26-28-30-32-34-36-37-39-40-42-44-46-48-50-52-54-56-59-62-65-68-74(77)80-71-72(70-79-73(76)67-64-61-58-15-12-9-6-3)81-75(78)69-66-63-60-57-55-53-51-49-47-45-43-41-38-35-33-31-29-27-25-23-21-19-17-14-11-8-5-2/h8,11,17,19,23,25,29,31,35,38,72H,4-7,9-10,12-16,18,20-22,24,26-28,30,32-34,36-37,39-71H2,1-3H3/b11-8-,19-17-,25-23-,31-29-,38-35-. The summed E-state index contributed by atoms with van der Waals surface area (Å²) < 4.78 is 16.9. The van der Waals surface area contributed by atoms with Crippen LogP contribution in [-0.4, -0.2) is 37.2 Å². The number of allylic oxidation sites excluding steroid dienone is 10. The maximum atomic E-state index is 12.9. The van der Waals surface area contributed by atoms with Gasteiger partial charge in [0.25, 0.3) is 0 Å². The number of carbonyl (C=O) groups is 3. The number of hydrogen-bond acceptors (Lipinski definition) is 6. The predicted octanol–water partition coefficient (Wildman–Crippen LogP) is 24.7. The van der Waals surface area contributed by atoms with Gasteiger partial charge in [-0.05, 0) is 64.2 Å². The zero-order valence-electron chi connectivity index (χ0n) is 54.3. The number of unbranched alkanes of at least 4 members (excludes halogenated alkanes) is 45. The maximum absolute atomic E-state index is 12.9. The van der Waals surface area contributed by atoms with Crippen LogP contribution in [0, 0.1) is 0 Å². The fourth-order valence-electron chi connectivity index (χ4n) is 10.7. The van der Waals surface area contributed by atoms with Crippen LogP contribution in [0.5, 0.6) is 0 Å². The summed E-state index contributed by atoms with van der Waals surface area (Å²) in [5.41, 5.74) is 0. The molecule has 472 valence electrons. The molecule has 0 saturated carbocycles. The van der Waals surface area contributed by atoms with E-state index >= 15 is 0 Å². The smallest absolute Gasteiger partial charge is 0.306 e. The molecule has 0 aliphatic carbocycles. The molecule has 0 bridgehead atoms. The van der Waals surface area contributed by atoms with E-state index in [4.69, 9.17) is 14.2 Å². The fraction of sp³-hybridized carbons (Fsp3) is 0.827. The highest BCUT2D eigenvalue weighted by molar-refractivity contribution is 5.71. The van der Waals surface area contributed by atoms with Crippen LogP contribution >= 0.6 is 0 Å². The summed E-state index contributed by atoms with van der Waals surface area (Å²) in [6.07, 6.45) is 90.1. The number of rotatable bonds is 66. The van der Waals surface area contributed by atoms with E-state index in [9.17, 15) is 14.4 Å². The van der Waals surface area contributed by atoms with E-state index in [-0.39, 0.29) is 31.1 Å². The van der Waals surface area contributed by atoms with Gasteiger partial charge >= 0.3 is 17.9 Å². The minimum absolute atomic E-state index is 0.0703. The van der Waals surface area contributed by atoms with Crippen molar-refractivity contribution < 1.29 is 28.6 Å². The average Bonchev–Trinajstić information content (AvgIpc) is 3.46. The maximum Gasteiger partial charge on any atom is 0.306 e. The minimum atomic E-state index is -0.772. The molecule has 0 heterocycles. The van der Waals surface area contributed by atoms with Gasteiger partial charge in [-0.3, -0.25) is 14.4 Å². The molecule has 0 aromatic heterocycles. The Morgan fingerprint density at radius 3 is 0.753 bits per heavy atom. The Morgan fingerprint density at radius 2 is 0.481 bits per heavy atom.